The maximum atomic E-state index is 12.3. The molecule has 0 saturated heterocycles. The van der Waals surface area contributed by atoms with Crippen LogP contribution in [0.3, 0.4) is 0 Å². The first-order valence-electron chi connectivity index (χ1n) is 5.69. The van der Waals surface area contributed by atoms with Gasteiger partial charge in [0.15, 0.2) is 0 Å². The molecule has 1 aromatic carbocycles. The molecule has 0 bridgehead atoms. The van der Waals surface area contributed by atoms with Gasteiger partial charge in [0.1, 0.15) is 0 Å². The van der Waals surface area contributed by atoms with E-state index in [1.54, 1.807) is 17.0 Å². The van der Waals surface area contributed by atoms with E-state index in [0.29, 0.717) is 10.6 Å². The fourth-order valence-corrected chi connectivity index (χ4v) is 2.22. The molecule has 94 valence electrons. The normalized spacial score (nSPS) is 12.3. The summed E-state index contributed by atoms with van der Waals surface area (Å²) in [5, 5.41) is 0.494. The summed E-state index contributed by atoms with van der Waals surface area (Å²) >= 11 is 9.40. The summed E-state index contributed by atoms with van der Waals surface area (Å²) in [4.78, 5) is 14.0. The minimum Gasteiger partial charge on any atom is -0.339 e. The molecule has 0 aromatic heterocycles. The van der Waals surface area contributed by atoms with Gasteiger partial charge in [-0.05, 0) is 31.5 Å². The van der Waals surface area contributed by atoms with Gasteiger partial charge in [0.25, 0.3) is 5.91 Å². The molecule has 1 amide bonds. The van der Waals surface area contributed by atoms with E-state index in [1.807, 2.05) is 20.0 Å². The van der Waals surface area contributed by atoms with Crippen LogP contribution in [0.25, 0.3) is 0 Å². The van der Waals surface area contributed by atoms with E-state index in [9.17, 15) is 4.79 Å². The van der Waals surface area contributed by atoms with Crippen molar-refractivity contribution in [1.29, 1.82) is 0 Å². The maximum Gasteiger partial charge on any atom is 0.255 e. The highest BCUT2D eigenvalue weighted by Crippen LogP contribution is 2.23. The molecule has 0 fully saturated rings. The fraction of sp³-hybridized carbons (Fsp3) is 0.462. The molecular weight excluding hydrogens is 302 g/mol. The predicted molar refractivity (Wildman–Crippen MR) is 75.6 cm³/mol. The number of nitrogens with zero attached hydrogens (tertiary/aromatic N) is 1. The summed E-state index contributed by atoms with van der Waals surface area (Å²) in [6.07, 6.45) is 2.05. The molecular formula is C13H17BrClNO. The molecule has 2 nitrogen and oxygen atoms in total. The molecule has 4 heteroatoms. The van der Waals surface area contributed by atoms with E-state index in [2.05, 4.69) is 22.9 Å². The van der Waals surface area contributed by atoms with Gasteiger partial charge in [-0.2, -0.15) is 0 Å². The Morgan fingerprint density at radius 3 is 2.76 bits per heavy atom. The highest BCUT2D eigenvalue weighted by atomic mass is 79.9. The summed E-state index contributed by atoms with van der Waals surface area (Å²) < 4.78 is 0.863. The molecule has 1 unspecified atom stereocenters. The van der Waals surface area contributed by atoms with Crippen molar-refractivity contribution in [2.45, 2.75) is 32.7 Å². The number of hydrogen-bond acceptors (Lipinski definition) is 1. The third-order valence-corrected chi connectivity index (χ3v) is 3.67. The first kappa shape index (κ1) is 14.5. The number of hydrogen-bond donors (Lipinski definition) is 0. The van der Waals surface area contributed by atoms with Crippen LogP contribution in [0.1, 0.15) is 37.0 Å². The standard InChI is InChI=1S/C13H17BrClNO/c1-4-5-9(2)16(3)13(17)11-8-10(14)6-7-12(11)15/h6-9H,4-5H2,1-3H3. The molecule has 17 heavy (non-hydrogen) atoms. The van der Waals surface area contributed by atoms with E-state index in [4.69, 9.17) is 11.6 Å². The monoisotopic (exact) mass is 317 g/mol. The molecule has 1 aromatic rings. The summed E-state index contributed by atoms with van der Waals surface area (Å²) in [5.74, 6) is -0.0303. The maximum absolute atomic E-state index is 12.3. The number of amides is 1. The Balaban J connectivity index is 2.92. The molecule has 1 atom stereocenters. The average Bonchev–Trinajstić information content (AvgIpc) is 2.30. The zero-order valence-corrected chi connectivity index (χ0v) is 12.7. The van der Waals surface area contributed by atoms with Crippen LogP contribution in [0.2, 0.25) is 5.02 Å². The van der Waals surface area contributed by atoms with Crippen molar-refractivity contribution < 1.29 is 4.79 Å². The lowest BCUT2D eigenvalue weighted by Gasteiger charge is -2.25. The second kappa shape index (κ2) is 6.41. The van der Waals surface area contributed by atoms with Crippen molar-refractivity contribution in [2.24, 2.45) is 0 Å². The predicted octanol–water partition coefficient (Wildman–Crippen LogP) is 4.36. The summed E-state index contributed by atoms with van der Waals surface area (Å²) in [5.41, 5.74) is 0.548. The van der Waals surface area contributed by atoms with Crippen LogP contribution < -0.4 is 0 Å². The second-order valence-corrected chi connectivity index (χ2v) is 5.50. The van der Waals surface area contributed by atoms with E-state index < -0.39 is 0 Å². The van der Waals surface area contributed by atoms with Crippen molar-refractivity contribution in [3.8, 4) is 0 Å². The number of carbonyl (C=O) groups excluding carboxylic acids is 1. The van der Waals surface area contributed by atoms with Gasteiger partial charge in [0.05, 0.1) is 10.6 Å². The molecule has 0 N–H and O–H groups in total. The van der Waals surface area contributed by atoms with E-state index in [0.717, 1.165) is 17.3 Å². The van der Waals surface area contributed by atoms with E-state index in [-0.39, 0.29) is 11.9 Å². The Morgan fingerprint density at radius 2 is 2.18 bits per heavy atom. The Morgan fingerprint density at radius 1 is 1.53 bits per heavy atom. The average molecular weight is 319 g/mol. The fourth-order valence-electron chi connectivity index (χ4n) is 1.66. The lowest BCUT2D eigenvalue weighted by Crippen LogP contribution is -2.35. The Bertz CT molecular complexity index is 408. The topological polar surface area (TPSA) is 20.3 Å². The van der Waals surface area contributed by atoms with Gasteiger partial charge in [0, 0.05) is 17.6 Å². The molecule has 1 rings (SSSR count). The quantitative estimate of drug-likeness (QED) is 0.807. The van der Waals surface area contributed by atoms with E-state index >= 15 is 0 Å². The van der Waals surface area contributed by atoms with Crippen molar-refractivity contribution >= 4 is 33.4 Å². The molecule has 0 aliphatic rings. The van der Waals surface area contributed by atoms with Gasteiger partial charge >= 0.3 is 0 Å². The largest absolute Gasteiger partial charge is 0.339 e. The van der Waals surface area contributed by atoms with Crippen LogP contribution in [-0.2, 0) is 0 Å². The molecule has 0 aliphatic carbocycles. The van der Waals surface area contributed by atoms with Crippen LogP contribution in [0.5, 0.6) is 0 Å². The van der Waals surface area contributed by atoms with Crippen LogP contribution >= 0.6 is 27.5 Å². The van der Waals surface area contributed by atoms with Crippen LogP contribution in [0, 0.1) is 0 Å². The molecule has 0 radical (unpaired) electrons. The molecule has 0 spiro atoms. The van der Waals surface area contributed by atoms with Crippen LogP contribution in [-0.4, -0.2) is 23.9 Å². The molecule has 0 heterocycles. The third kappa shape index (κ3) is 3.71. The summed E-state index contributed by atoms with van der Waals surface area (Å²) in [7, 11) is 1.82. The summed E-state index contributed by atoms with van der Waals surface area (Å²) in [6, 6.07) is 5.55. The minimum atomic E-state index is -0.0303. The van der Waals surface area contributed by atoms with Crippen LogP contribution in [0.4, 0.5) is 0 Å². The van der Waals surface area contributed by atoms with Crippen molar-refractivity contribution in [1.82, 2.24) is 4.90 Å². The SMILES string of the molecule is CCCC(C)N(C)C(=O)c1cc(Br)ccc1Cl. The van der Waals surface area contributed by atoms with Gasteiger partial charge < -0.3 is 4.90 Å². The van der Waals surface area contributed by atoms with E-state index in [1.165, 1.54) is 0 Å². The van der Waals surface area contributed by atoms with Gasteiger partial charge in [-0.3, -0.25) is 4.79 Å². The molecule has 0 aliphatic heterocycles. The number of benzene rings is 1. The first-order valence-corrected chi connectivity index (χ1v) is 6.86. The molecule has 0 saturated carbocycles. The lowest BCUT2D eigenvalue weighted by molar-refractivity contribution is 0.0737. The third-order valence-electron chi connectivity index (χ3n) is 2.85. The van der Waals surface area contributed by atoms with Crippen molar-refractivity contribution in [3.05, 3.63) is 33.3 Å². The van der Waals surface area contributed by atoms with Crippen molar-refractivity contribution in [3.63, 3.8) is 0 Å². The highest BCUT2D eigenvalue weighted by Gasteiger charge is 2.19. The number of rotatable bonds is 4. The number of halogens is 2. The number of carbonyl (C=O) groups is 1. The Labute approximate surface area is 116 Å². The van der Waals surface area contributed by atoms with Gasteiger partial charge in [-0.15, -0.1) is 0 Å². The van der Waals surface area contributed by atoms with Gasteiger partial charge in [-0.1, -0.05) is 40.9 Å². The first-order chi connectivity index (χ1) is 7.97. The van der Waals surface area contributed by atoms with Crippen molar-refractivity contribution in [2.75, 3.05) is 7.05 Å². The summed E-state index contributed by atoms with van der Waals surface area (Å²) in [6.45, 7) is 4.16. The second-order valence-electron chi connectivity index (χ2n) is 4.18. The van der Waals surface area contributed by atoms with Crippen LogP contribution in [0.15, 0.2) is 22.7 Å². The zero-order chi connectivity index (χ0) is 13.0. The van der Waals surface area contributed by atoms with Gasteiger partial charge in [0.2, 0.25) is 0 Å². The van der Waals surface area contributed by atoms with Gasteiger partial charge in [-0.25, -0.2) is 0 Å². The zero-order valence-electron chi connectivity index (χ0n) is 10.3. The Kier molecular flexibility index (Phi) is 5.47. The highest BCUT2D eigenvalue weighted by molar-refractivity contribution is 9.10. The minimum absolute atomic E-state index is 0.0303. The Hall–Kier alpha value is -0.540. The lowest BCUT2D eigenvalue weighted by atomic mass is 10.1. The smallest absolute Gasteiger partial charge is 0.255 e.